The molecule has 5 heteroatoms. The zero-order chi connectivity index (χ0) is 25.3. The zero-order valence-electron chi connectivity index (χ0n) is 20.4. The van der Waals surface area contributed by atoms with Crippen LogP contribution in [0.4, 0.5) is 13.2 Å². The highest BCUT2D eigenvalue weighted by Gasteiger charge is 2.10. The van der Waals surface area contributed by atoms with E-state index in [1.807, 2.05) is 37.4 Å². The van der Waals surface area contributed by atoms with Crippen LogP contribution < -0.4 is 4.74 Å². The number of benzene rings is 3. The Hall–Kier alpha value is -3.60. The number of nitrogens with zero attached hydrogens (tertiary/aromatic N) is 1. The lowest BCUT2D eigenvalue weighted by Crippen LogP contribution is -2.02. The molecule has 3 aromatic carbocycles. The van der Waals surface area contributed by atoms with Crippen LogP contribution in [0.2, 0.25) is 0 Å². The van der Waals surface area contributed by atoms with Crippen LogP contribution in [0, 0.1) is 5.82 Å². The molecule has 0 aliphatic rings. The summed E-state index contributed by atoms with van der Waals surface area (Å²) in [6.45, 7) is -0.813. The van der Waals surface area contributed by atoms with Gasteiger partial charge in [-0.3, -0.25) is 4.98 Å². The monoisotopic (exact) mass is 489 g/mol. The second-order valence-corrected chi connectivity index (χ2v) is 8.88. The maximum Gasteiger partial charge on any atom is 0.387 e. The Morgan fingerprint density at radius 2 is 1.56 bits per heavy atom. The van der Waals surface area contributed by atoms with Gasteiger partial charge in [-0.1, -0.05) is 60.7 Å². The Morgan fingerprint density at radius 3 is 2.28 bits per heavy atom. The molecule has 0 saturated carbocycles. The van der Waals surface area contributed by atoms with Crippen molar-refractivity contribution in [2.75, 3.05) is 0 Å². The van der Waals surface area contributed by atoms with Crippen molar-refractivity contribution in [1.82, 2.24) is 4.98 Å². The number of aromatic nitrogens is 1. The molecule has 186 valence electrons. The van der Waals surface area contributed by atoms with E-state index in [9.17, 15) is 8.78 Å². The summed E-state index contributed by atoms with van der Waals surface area (Å²) < 4.78 is 44.2. The summed E-state index contributed by atoms with van der Waals surface area (Å²) in [4.78, 5) is 4.60. The van der Waals surface area contributed by atoms with Crippen molar-refractivity contribution >= 4 is 10.8 Å². The van der Waals surface area contributed by atoms with Gasteiger partial charge in [-0.05, 0) is 91.3 Å². The first kappa shape index (κ1) is 25.5. The molecule has 0 fully saturated rings. The van der Waals surface area contributed by atoms with Crippen molar-refractivity contribution in [2.24, 2.45) is 0 Å². The first-order valence-electron chi connectivity index (χ1n) is 12.3. The lowest BCUT2D eigenvalue weighted by atomic mass is 9.98. The van der Waals surface area contributed by atoms with Crippen LogP contribution in [0.5, 0.6) is 5.75 Å². The van der Waals surface area contributed by atoms with Gasteiger partial charge in [0.1, 0.15) is 11.6 Å². The van der Waals surface area contributed by atoms with Gasteiger partial charge in [0.2, 0.25) is 0 Å². The number of ether oxygens (including phenoxy) is 1. The van der Waals surface area contributed by atoms with Crippen molar-refractivity contribution < 1.29 is 17.9 Å². The fourth-order valence-electron chi connectivity index (χ4n) is 4.29. The molecule has 4 rings (SSSR count). The van der Waals surface area contributed by atoms with Gasteiger partial charge in [0.05, 0.1) is 0 Å². The lowest BCUT2D eigenvalue weighted by Gasteiger charge is -2.10. The van der Waals surface area contributed by atoms with E-state index in [1.54, 1.807) is 12.1 Å². The molecule has 0 unspecified atom stereocenters. The number of rotatable bonds is 11. The minimum Gasteiger partial charge on any atom is -0.435 e. The maximum atomic E-state index is 15.2. The maximum absolute atomic E-state index is 15.2. The van der Waals surface area contributed by atoms with Crippen LogP contribution in [0.15, 0.2) is 85.1 Å². The van der Waals surface area contributed by atoms with Gasteiger partial charge in [0.15, 0.2) is 0 Å². The summed E-state index contributed by atoms with van der Waals surface area (Å²) >= 11 is 0. The molecule has 0 N–H and O–H groups in total. The minimum atomic E-state index is -2.84. The summed E-state index contributed by atoms with van der Waals surface area (Å²) in [6, 6.07) is 20.4. The fourth-order valence-corrected chi connectivity index (χ4v) is 4.29. The molecule has 0 atom stereocenters. The number of allylic oxidation sites excluding steroid dienone is 2. The lowest BCUT2D eigenvalue weighted by molar-refractivity contribution is -0.0498. The number of pyridine rings is 1. The molecule has 0 amide bonds. The number of aryl methyl sites for hydroxylation is 5. The van der Waals surface area contributed by atoms with Crippen LogP contribution in [0.25, 0.3) is 10.8 Å². The second-order valence-electron chi connectivity index (χ2n) is 8.88. The van der Waals surface area contributed by atoms with Crippen LogP contribution >= 0.6 is 0 Å². The van der Waals surface area contributed by atoms with Crippen molar-refractivity contribution in [2.45, 2.75) is 52.1 Å². The number of halogens is 3. The van der Waals surface area contributed by atoms with Crippen LogP contribution in [-0.4, -0.2) is 11.6 Å². The fraction of sp³-hybridized carbons (Fsp3) is 0.258. The number of hydrogen-bond donors (Lipinski definition) is 0. The van der Waals surface area contributed by atoms with Gasteiger partial charge in [-0.25, -0.2) is 4.39 Å². The Morgan fingerprint density at radius 1 is 0.806 bits per heavy atom. The van der Waals surface area contributed by atoms with Crippen LogP contribution in [0.1, 0.15) is 41.3 Å². The van der Waals surface area contributed by atoms with Crippen LogP contribution in [-0.2, 0) is 32.1 Å². The molecule has 1 aromatic heterocycles. The topological polar surface area (TPSA) is 22.1 Å². The summed E-state index contributed by atoms with van der Waals surface area (Å²) in [5.41, 5.74) is 5.03. The average Bonchev–Trinajstić information content (AvgIpc) is 2.88. The van der Waals surface area contributed by atoms with E-state index in [4.69, 9.17) is 0 Å². The highest BCUT2D eigenvalue weighted by atomic mass is 19.3. The Labute approximate surface area is 210 Å². The summed E-state index contributed by atoms with van der Waals surface area (Å²) in [6.07, 6.45) is 11.0. The predicted octanol–water partition coefficient (Wildman–Crippen LogP) is 8.05. The average molecular weight is 490 g/mol. The number of hydrogen-bond acceptors (Lipinski definition) is 2. The normalized spacial score (nSPS) is 11.6. The van der Waals surface area contributed by atoms with E-state index in [0.717, 1.165) is 47.9 Å². The molecular weight excluding hydrogens is 459 g/mol. The molecule has 0 aliphatic heterocycles. The third-order valence-corrected chi connectivity index (χ3v) is 6.32. The Kier molecular flexibility index (Phi) is 8.77. The van der Waals surface area contributed by atoms with Gasteiger partial charge < -0.3 is 4.74 Å². The van der Waals surface area contributed by atoms with Gasteiger partial charge in [-0.2, -0.15) is 8.78 Å². The molecule has 2 nitrogen and oxygen atoms in total. The molecule has 0 radical (unpaired) electrons. The minimum absolute atomic E-state index is 0.120. The zero-order valence-corrected chi connectivity index (χ0v) is 20.4. The Balaban J connectivity index is 1.36. The van der Waals surface area contributed by atoms with E-state index in [-0.39, 0.29) is 11.6 Å². The highest BCUT2D eigenvalue weighted by Crippen LogP contribution is 2.25. The van der Waals surface area contributed by atoms with Crippen molar-refractivity contribution in [3.05, 3.63) is 119 Å². The molecule has 0 spiro atoms. The number of fused-ring (bicyclic) bond motifs is 1. The van der Waals surface area contributed by atoms with Gasteiger partial charge in [0.25, 0.3) is 0 Å². The molecule has 36 heavy (non-hydrogen) atoms. The molecule has 1 heterocycles. The molecule has 0 bridgehead atoms. The van der Waals surface area contributed by atoms with Gasteiger partial charge in [0, 0.05) is 17.3 Å². The molecule has 4 aromatic rings. The van der Waals surface area contributed by atoms with E-state index in [0.29, 0.717) is 23.8 Å². The van der Waals surface area contributed by atoms with Crippen molar-refractivity contribution in [3.63, 3.8) is 0 Å². The number of alkyl halides is 2. The first-order valence-corrected chi connectivity index (χ1v) is 12.3. The van der Waals surface area contributed by atoms with Gasteiger partial charge in [-0.15, -0.1) is 0 Å². The van der Waals surface area contributed by atoms with E-state index in [1.165, 1.54) is 17.7 Å². The van der Waals surface area contributed by atoms with E-state index in [2.05, 4.69) is 40.1 Å². The standard InChI is InChI=1S/C31H30F3NO/c1-2-3-4-5-24-8-16-27(35-21-24)15-7-23-11-19-29-26(20-23)14-13-25(30(29)32)12-6-22-9-17-28(18-10-22)36-31(33)34/h2-3,8-11,13-14,16-21,31H,4-7,12,15H2,1H3/b3-2+. The summed E-state index contributed by atoms with van der Waals surface area (Å²) in [5, 5.41) is 1.50. The predicted molar refractivity (Wildman–Crippen MR) is 139 cm³/mol. The molecule has 0 aliphatic carbocycles. The van der Waals surface area contributed by atoms with Gasteiger partial charge >= 0.3 is 6.61 Å². The third-order valence-electron chi connectivity index (χ3n) is 6.32. The largest absolute Gasteiger partial charge is 0.435 e. The second kappa shape index (κ2) is 12.4. The van der Waals surface area contributed by atoms with E-state index >= 15 is 4.39 Å². The van der Waals surface area contributed by atoms with Crippen LogP contribution in [0.3, 0.4) is 0 Å². The smallest absolute Gasteiger partial charge is 0.387 e. The molecular formula is C31H30F3NO. The van der Waals surface area contributed by atoms with E-state index < -0.39 is 6.61 Å². The first-order chi connectivity index (χ1) is 17.5. The Bertz CT molecular complexity index is 1300. The summed E-state index contributed by atoms with van der Waals surface area (Å²) in [7, 11) is 0. The SMILES string of the molecule is C/C=C/CCc1ccc(CCc2ccc3c(F)c(CCc4ccc(OC(F)F)cc4)ccc3c2)nc1. The quantitative estimate of drug-likeness (QED) is 0.199. The molecule has 0 saturated heterocycles. The van der Waals surface area contributed by atoms with Crippen molar-refractivity contribution in [3.8, 4) is 5.75 Å². The van der Waals surface area contributed by atoms with Crippen molar-refractivity contribution in [1.29, 1.82) is 0 Å². The highest BCUT2D eigenvalue weighted by molar-refractivity contribution is 5.84. The summed E-state index contributed by atoms with van der Waals surface area (Å²) in [5.74, 6) is -0.0822. The third kappa shape index (κ3) is 6.97.